The molecule has 1 unspecified atom stereocenters. The lowest BCUT2D eigenvalue weighted by Gasteiger charge is -2.20. The summed E-state index contributed by atoms with van der Waals surface area (Å²) in [6.45, 7) is 10.4. The van der Waals surface area contributed by atoms with Crippen molar-refractivity contribution in [2.24, 2.45) is 0 Å². The minimum atomic E-state index is -0.696. The molecule has 152 valence electrons. The van der Waals surface area contributed by atoms with Crippen molar-refractivity contribution >= 4 is 0 Å². The Kier molecular flexibility index (Phi) is 5.65. The van der Waals surface area contributed by atoms with Crippen molar-refractivity contribution in [1.29, 1.82) is 0 Å². The summed E-state index contributed by atoms with van der Waals surface area (Å²) in [5.41, 5.74) is 6.36. The standard InChI is InChI=1S/C23H28N4O2/c1-4-27-17(3)21(16(2)25-27)15-26-10-11-29-22-8-7-18(12-20(22)14-26)23(28)19-6-5-9-24-13-19/h5-9,12-13,23,28H,4,10-11,14-15H2,1-3H3. The van der Waals surface area contributed by atoms with Crippen molar-refractivity contribution in [3.05, 3.63) is 76.4 Å². The van der Waals surface area contributed by atoms with Crippen molar-refractivity contribution in [2.75, 3.05) is 13.2 Å². The van der Waals surface area contributed by atoms with Gasteiger partial charge in [-0.3, -0.25) is 14.6 Å². The molecule has 29 heavy (non-hydrogen) atoms. The van der Waals surface area contributed by atoms with Crippen LogP contribution in [0.2, 0.25) is 0 Å². The van der Waals surface area contributed by atoms with Crippen LogP contribution in [0.5, 0.6) is 5.75 Å². The van der Waals surface area contributed by atoms with Crippen LogP contribution in [0.4, 0.5) is 0 Å². The summed E-state index contributed by atoms with van der Waals surface area (Å²) in [7, 11) is 0. The SMILES string of the molecule is CCn1nc(C)c(CN2CCOc3ccc(C(O)c4cccnc4)cc3C2)c1C. The van der Waals surface area contributed by atoms with E-state index in [4.69, 9.17) is 4.74 Å². The molecule has 1 N–H and O–H groups in total. The molecule has 0 saturated carbocycles. The number of fused-ring (bicyclic) bond motifs is 1. The van der Waals surface area contributed by atoms with E-state index in [1.165, 1.54) is 11.3 Å². The van der Waals surface area contributed by atoms with Crippen molar-refractivity contribution < 1.29 is 9.84 Å². The second-order valence-electron chi connectivity index (χ2n) is 7.58. The molecule has 6 heteroatoms. The summed E-state index contributed by atoms with van der Waals surface area (Å²) >= 11 is 0. The molecule has 0 bridgehead atoms. The lowest BCUT2D eigenvalue weighted by atomic mass is 10.00. The van der Waals surface area contributed by atoms with Crippen LogP contribution in [0.15, 0.2) is 42.7 Å². The highest BCUT2D eigenvalue weighted by Gasteiger charge is 2.21. The van der Waals surface area contributed by atoms with Gasteiger partial charge < -0.3 is 9.84 Å². The van der Waals surface area contributed by atoms with Crippen LogP contribution < -0.4 is 4.74 Å². The Labute approximate surface area is 171 Å². The number of aliphatic hydroxyl groups is 1. The molecule has 0 saturated heterocycles. The predicted octanol–water partition coefficient (Wildman–Crippen LogP) is 3.39. The van der Waals surface area contributed by atoms with Crippen LogP contribution in [0.25, 0.3) is 0 Å². The zero-order chi connectivity index (χ0) is 20.4. The third-order valence-electron chi connectivity index (χ3n) is 5.67. The minimum Gasteiger partial charge on any atom is -0.492 e. The number of rotatable bonds is 5. The van der Waals surface area contributed by atoms with Crippen LogP contribution in [0, 0.1) is 13.8 Å². The summed E-state index contributed by atoms with van der Waals surface area (Å²) < 4.78 is 8.05. The first kappa shape index (κ1) is 19.6. The number of aliphatic hydroxyl groups excluding tert-OH is 1. The summed E-state index contributed by atoms with van der Waals surface area (Å²) in [6, 6.07) is 9.70. The zero-order valence-electron chi connectivity index (χ0n) is 17.3. The lowest BCUT2D eigenvalue weighted by molar-refractivity contribution is 0.218. The smallest absolute Gasteiger partial charge is 0.123 e. The fourth-order valence-electron chi connectivity index (χ4n) is 4.00. The van der Waals surface area contributed by atoms with Gasteiger partial charge in [-0.25, -0.2) is 0 Å². The van der Waals surface area contributed by atoms with E-state index in [1.807, 2.05) is 24.3 Å². The second kappa shape index (κ2) is 8.35. The maximum absolute atomic E-state index is 10.8. The van der Waals surface area contributed by atoms with Gasteiger partial charge in [0, 0.05) is 61.0 Å². The second-order valence-corrected chi connectivity index (χ2v) is 7.58. The van der Waals surface area contributed by atoms with E-state index in [2.05, 4.69) is 46.5 Å². The molecule has 3 aromatic rings. The topological polar surface area (TPSA) is 63.4 Å². The van der Waals surface area contributed by atoms with E-state index in [9.17, 15) is 5.11 Å². The largest absolute Gasteiger partial charge is 0.492 e. The van der Waals surface area contributed by atoms with E-state index in [-0.39, 0.29) is 0 Å². The molecule has 0 aliphatic carbocycles. The number of hydrogen-bond donors (Lipinski definition) is 1. The molecule has 0 radical (unpaired) electrons. The Morgan fingerprint density at radius 2 is 2.07 bits per heavy atom. The average Bonchev–Trinajstić information content (AvgIpc) is 2.91. The van der Waals surface area contributed by atoms with Crippen LogP contribution >= 0.6 is 0 Å². The first-order valence-electron chi connectivity index (χ1n) is 10.2. The molecule has 1 atom stereocenters. The number of aryl methyl sites for hydroxylation is 2. The van der Waals surface area contributed by atoms with Gasteiger partial charge in [0.1, 0.15) is 18.5 Å². The monoisotopic (exact) mass is 392 g/mol. The van der Waals surface area contributed by atoms with Crippen LogP contribution in [0.3, 0.4) is 0 Å². The van der Waals surface area contributed by atoms with Crippen LogP contribution in [-0.4, -0.2) is 37.9 Å². The molecule has 6 nitrogen and oxygen atoms in total. The molecular formula is C23H28N4O2. The van der Waals surface area contributed by atoms with Gasteiger partial charge in [-0.05, 0) is 44.5 Å². The molecule has 4 rings (SSSR count). The highest BCUT2D eigenvalue weighted by atomic mass is 16.5. The number of nitrogens with zero attached hydrogens (tertiary/aromatic N) is 4. The highest BCUT2D eigenvalue weighted by Crippen LogP contribution is 2.30. The van der Waals surface area contributed by atoms with Crippen molar-refractivity contribution in [1.82, 2.24) is 19.7 Å². The number of ether oxygens (including phenoxy) is 1. The molecule has 2 aromatic heterocycles. The number of benzene rings is 1. The molecule has 1 aliphatic rings. The summed E-state index contributed by atoms with van der Waals surface area (Å²) in [5.74, 6) is 0.896. The number of pyridine rings is 1. The molecule has 1 aromatic carbocycles. The molecule has 0 fully saturated rings. The van der Waals surface area contributed by atoms with Gasteiger partial charge >= 0.3 is 0 Å². The van der Waals surface area contributed by atoms with E-state index in [0.717, 1.165) is 54.3 Å². The summed E-state index contributed by atoms with van der Waals surface area (Å²) in [4.78, 5) is 6.51. The van der Waals surface area contributed by atoms with Crippen molar-refractivity contribution in [3.63, 3.8) is 0 Å². The van der Waals surface area contributed by atoms with E-state index >= 15 is 0 Å². The first-order valence-corrected chi connectivity index (χ1v) is 10.2. The number of hydrogen-bond acceptors (Lipinski definition) is 5. The van der Waals surface area contributed by atoms with E-state index in [0.29, 0.717) is 6.61 Å². The van der Waals surface area contributed by atoms with Gasteiger partial charge in [0.25, 0.3) is 0 Å². The molecule has 1 aliphatic heterocycles. The van der Waals surface area contributed by atoms with E-state index in [1.54, 1.807) is 12.4 Å². The van der Waals surface area contributed by atoms with Crippen LogP contribution in [0.1, 0.15) is 46.7 Å². The third-order valence-corrected chi connectivity index (χ3v) is 5.67. The van der Waals surface area contributed by atoms with Gasteiger partial charge in [0.15, 0.2) is 0 Å². The average molecular weight is 393 g/mol. The molecule has 0 spiro atoms. The minimum absolute atomic E-state index is 0.650. The normalized spacial score (nSPS) is 15.4. The Hall–Kier alpha value is -2.70. The zero-order valence-corrected chi connectivity index (χ0v) is 17.3. The molecule has 3 heterocycles. The fraction of sp³-hybridized carbons (Fsp3) is 0.391. The maximum Gasteiger partial charge on any atom is 0.123 e. The molecule has 0 amide bonds. The highest BCUT2D eigenvalue weighted by molar-refractivity contribution is 5.41. The van der Waals surface area contributed by atoms with Crippen LogP contribution in [-0.2, 0) is 19.6 Å². The lowest BCUT2D eigenvalue weighted by Crippen LogP contribution is -2.25. The van der Waals surface area contributed by atoms with Crippen molar-refractivity contribution in [3.8, 4) is 5.75 Å². The fourth-order valence-corrected chi connectivity index (χ4v) is 4.00. The quantitative estimate of drug-likeness (QED) is 0.721. The third kappa shape index (κ3) is 4.04. The molecular weight excluding hydrogens is 364 g/mol. The maximum atomic E-state index is 10.8. The van der Waals surface area contributed by atoms with Crippen molar-refractivity contribution in [2.45, 2.75) is 46.5 Å². The Morgan fingerprint density at radius 1 is 1.21 bits per heavy atom. The number of aromatic nitrogens is 3. The Balaban J connectivity index is 1.57. The van der Waals surface area contributed by atoms with Gasteiger partial charge in [-0.1, -0.05) is 12.1 Å². The predicted molar refractivity (Wildman–Crippen MR) is 112 cm³/mol. The summed E-state index contributed by atoms with van der Waals surface area (Å²) in [5, 5.41) is 15.4. The van der Waals surface area contributed by atoms with Gasteiger partial charge in [0.05, 0.1) is 5.69 Å². The van der Waals surface area contributed by atoms with Gasteiger partial charge in [0.2, 0.25) is 0 Å². The summed E-state index contributed by atoms with van der Waals surface area (Å²) in [6.07, 6.45) is 2.72. The Bertz CT molecular complexity index is 984. The first-order chi connectivity index (χ1) is 14.1. The van der Waals surface area contributed by atoms with Gasteiger partial charge in [-0.2, -0.15) is 5.10 Å². The van der Waals surface area contributed by atoms with Gasteiger partial charge in [-0.15, -0.1) is 0 Å². The van der Waals surface area contributed by atoms with E-state index < -0.39 is 6.10 Å². The Morgan fingerprint density at radius 3 is 2.79 bits per heavy atom.